The number of methoxy groups -OCH3 is 1. The van der Waals surface area contributed by atoms with E-state index in [0.29, 0.717) is 18.6 Å². The minimum absolute atomic E-state index is 0.0209. The summed E-state index contributed by atoms with van der Waals surface area (Å²) in [6, 6.07) is 5.88. The molecule has 0 radical (unpaired) electrons. The molecule has 4 nitrogen and oxygen atoms in total. The highest BCUT2D eigenvalue weighted by Crippen LogP contribution is 2.32. The van der Waals surface area contributed by atoms with Crippen LogP contribution in [0.3, 0.4) is 0 Å². The van der Waals surface area contributed by atoms with Crippen LogP contribution in [0.15, 0.2) is 23.1 Å². The van der Waals surface area contributed by atoms with Gasteiger partial charge in [0, 0.05) is 11.3 Å². The average Bonchev–Trinajstić information content (AvgIpc) is 2.35. The number of amides is 1. The third-order valence-electron chi connectivity index (χ3n) is 2.52. The van der Waals surface area contributed by atoms with E-state index in [1.807, 2.05) is 18.2 Å². The fourth-order valence-electron chi connectivity index (χ4n) is 1.63. The van der Waals surface area contributed by atoms with Gasteiger partial charge in [0.1, 0.15) is 0 Å². The number of carbonyl (C=O) groups is 2. The molecule has 0 aliphatic carbocycles. The van der Waals surface area contributed by atoms with E-state index in [1.54, 1.807) is 0 Å². The number of hydrogen-bond acceptors (Lipinski definition) is 4. The Labute approximate surface area is 104 Å². The number of benzene rings is 1. The highest BCUT2D eigenvalue weighted by atomic mass is 32.2. The van der Waals surface area contributed by atoms with Gasteiger partial charge >= 0.3 is 5.97 Å². The lowest BCUT2D eigenvalue weighted by Crippen LogP contribution is -2.18. The largest absolute Gasteiger partial charge is 0.469 e. The van der Waals surface area contributed by atoms with Crippen LogP contribution < -0.4 is 5.32 Å². The Kier molecular flexibility index (Phi) is 3.68. The Balaban J connectivity index is 2.07. The molecule has 1 aromatic rings. The molecule has 2 rings (SSSR count). The number of hydrogen-bond donors (Lipinski definition) is 1. The van der Waals surface area contributed by atoms with E-state index < -0.39 is 0 Å². The number of carbonyl (C=O) groups excluding carboxylic acids is 2. The van der Waals surface area contributed by atoms with Crippen molar-refractivity contribution in [2.45, 2.75) is 17.7 Å². The SMILES string of the molecule is COC(=O)CCc1ccc2c(c1)NC(=O)CS2. The summed E-state index contributed by atoms with van der Waals surface area (Å²) in [5.74, 6) is 0.267. The van der Waals surface area contributed by atoms with Gasteiger partial charge in [0.15, 0.2) is 0 Å². The normalized spacial score (nSPS) is 13.8. The lowest BCUT2D eigenvalue weighted by Gasteiger charge is -2.16. The Bertz CT molecular complexity index is 459. The van der Waals surface area contributed by atoms with Crippen molar-refractivity contribution in [2.24, 2.45) is 0 Å². The molecule has 0 spiro atoms. The van der Waals surface area contributed by atoms with Crippen molar-refractivity contribution in [3.8, 4) is 0 Å². The molecule has 5 heteroatoms. The van der Waals surface area contributed by atoms with E-state index in [1.165, 1.54) is 18.9 Å². The van der Waals surface area contributed by atoms with Crippen molar-refractivity contribution >= 4 is 29.3 Å². The summed E-state index contributed by atoms with van der Waals surface area (Å²) in [4.78, 5) is 23.3. The molecular formula is C12H13NO3S. The van der Waals surface area contributed by atoms with Crippen LogP contribution in [-0.4, -0.2) is 24.7 Å². The molecule has 1 aromatic carbocycles. The second kappa shape index (κ2) is 5.23. The van der Waals surface area contributed by atoms with Gasteiger partial charge in [-0.3, -0.25) is 9.59 Å². The van der Waals surface area contributed by atoms with Gasteiger partial charge < -0.3 is 10.1 Å². The van der Waals surface area contributed by atoms with Crippen LogP contribution in [0, 0.1) is 0 Å². The Hall–Kier alpha value is -1.49. The van der Waals surface area contributed by atoms with Crippen molar-refractivity contribution in [1.82, 2.24) is 0 Å². The van der Waals surface area contributed by atoms with Crippen LogP contribution in [0.2, 0.25) is 0 Å². The van der Waals surface area contributed by atoms with E-state index in [9.17, 15) is 9.59 Å². The summed E-state index contributed by atoms with van der Waals surface area (Å²) in [5, 5.41) is 2.83. The van der Waals surface area contributed by atoms with E-state index >= 15 is 0 Å². The number of nitrogens with one attached hydrogen (secondary N) is 1. The van der Waals surface area contributed by atoms with E-state index in [2.05, 4.69) is 10.1 Å². The van der Waals surface area contributed by atoms with Crippen LogP contribution in [-0.2, 0) is 20.7 Å². The minimum atomic E-state index is -0.221. The average molecular weight is 251 g/mol. The van der Waals surface area contributed by atoms with Gasteiger partial charge in [-0.05, 0) is 24.1 Å². The zero-order valence-corrected chi connectivity index (χ0v) is 10.3. The second-order valence-corrected chi connectivity index (χ2v) is 4.76. The van der Waals surface area contributed by atoms with Crippen LogP contribution in [0.25, 0.3) is 0 Å². The summed E-state index contributed by atoms with van der Waals surface area (Å²) < 4.78 is 4.59. The maximum Gasteiger partial charge on any atom is 0.305 e. The molecule has 0 saturated carbocycles. The lowest BCUT2D eigenvalue weighted by atomic mass is 10.1. The molecule has 0 saturated heterocycles. The molecule has 1 amide bonds. The first-order valence-electron chi connectivity index (χ1n) is 5.31. The highest BCUT2D eigenvalue weighted by Gasteiger charge is 2.15. The van der Waals surface area contributed by atoms with Gasteiger partial charge in [0.25, 0.3) is 0 Å². The molecule has 0 atom stereocenters. The van der Waals surface area contributed by atoms with Crippen molar-refractivity contribution in [3.63, 3.8) is 0 Å². The number of esters is 1. The molecule has 0 aromatic heterocycles. The van der Waals surface area contributed by atoms with Gasteiger partial charge in [0.2, 0.25) is 5.91 Å². The number of thioether (sulfide) groups is 1. The third kappa shape index (κ3) is 3.00. The number of fused-ring (bicyclic) bond motifs is 1. The summed E-state index contributed by atoms with van der Waals surface area (Å²) >= 11 is 1.53. The number of anilines is 1. The number of rotatable bonds is 3. The maximum atomic E-state index is 11.2. The first kappa shape index (κ1) is 12.0. The van der Waals surface area contributed by atoms with Crippen LogP contribution in [0.1, 0.15) is 12.0 Å². The number of aryl methyl sites for hydroxylation is 1. The predicted molar refractivity (Wildman–Crippen MR) is 66.1 cm³/mol. The van der Waals surface area contributed by atoms with Crippen LogP contribution >= 0.6 is 11.8 Å². The Morgan fingerprint density at radius 3 is 3.12 bits per heavy atom. The Morgan fingerprint density at radius 2 is 2.35 bits per heavy atom. The molecule has 0 unspecified atom stereocenters. The fraction of sp³-hybridized carbons (Fsp3) is 0.333. The quantitative estimate of drug-likeness (QED) is 0.833. The highest BCUT2D eigenvalue weighted by molar-refractivity contribution is 8.00. The lowest BCUT2D eigenvalue weighted by molar-refractivity contribution is -0.140. The molecular weight excluding hydrogens is 238 g/mol. The minimum Gasteiger partial charge on any atom is -0.469 e. The summed E-state index contributed by atoms with van der Waals surface area (Å²) in [6.45, 7) is 0. The molecule has 0 bridgehead atoms. The smallest absolute Gasteiger partial charge is 0.305 e. The topological polar surface area (TPSA) is 55.4 Å². The summed E-state index contributed by atoms with van der Waals surface area (Å²) in [7, 11) is 1.38. The maximum absolute atomic E-state index is 11.2. The molecule has 0 fully saturated rings. The van der Waals surface area contributed by atoms with Gasteiger partial charge in [0.05, 0.1) is 18.6 Å². The zero-order valence-electron chi connectivity index (χ0n) is 9.49. The van der Waals surface area contributed by atoms with Gasteiger partial charge in [-0.1, -0.05) is 6.07 Å². The standard InChI is InChI=1S/C12H13NO3S/c1-16-12(15)5-3-8-2-4-10-9(6-8)13-11(14)7-17-10/h2,4,6H,3,5,7H2,1H3,(H,13,14). The fourth-order valence-corrected chi connectivity index (χ4v) is 2.42. The molecule has 1 N–H and O–H groups in total. The van der Waals surface area contributed by atoms with Gasteiger partial charge in [-0.2, -0.15) is 0 Å². The molecule has 1 aliphatic heterocycles. The first-order chi connectivity index (χ1) is 8.19. The Morgan fingerprint density at radius 1 is 1.53 bits per heavy atom. The van der Waals surface area contributed by atoms with E-state index in [4.69, 9.17) is 0 Å². The van der Waals surface area contributed by atoms with Gasteiger partial charge in [-0.15, -0.1) is 11.8 Å². The zero-order chi connectivity index (χ0) is 12.3. The molecule has 17 heavy (non-hydrogen) atoms. The van der Waals surface area contributed by atoms with Crippen LogP contribution in [0.4, 0.5) is 5.69 Å². The van der Waals surface area contributed by atoms with Crippen molar-refractivity contribution in [1.29, 1.82) is 0 Å². The second-order valence-electron chi connectivity index (χ2n) is 3.74. The predicted octanol–water partition coefficient (Wildman–Crippen LogP) is 1.84. The van der Waals surface area contributed by atoms with Crippen molar-refractivity contribution in [3.05, 3.63) is 23.8 Å². The molecule has 1 aliphatic rings. The summed E-state index contributed by atoms with van der Waals surface area (Å²) in [6.07, 6.45) is 0.983. The van der Waals surface area contributed by atoms with E-state index in [-0.39, 0.29) is 11.9 Å². The monoisotopic (exact) mass is 251 g/mol. The molecule has 90 valence electrons. The van der Waals surface area contributed by atoms with Crippen molar-refractivity contribution < 1.29 is 14.3 Å². The van der Waals surface area contributed by atoms with Crippen molar-refractivity contribution in [2.75, 3.05) is 18.2 Å². The molecule has 1 heterocycles. The van der Waals surface area contributed by atoms with Crippen LogP contribution in [0.5, 0.6) is 0 Å². The van der Waals surface area contributed by atoms with Gasteiger partial charge in [-0.25, -0.2) is 0 Å². The summed E-state index contributed by atoms with van der Waals surface area (Å²) in [5.41, 5.74) is 1.87. The first-order valence-corrected chi connectivity index (χ1v) is 6.30. The number of ether oxygens (including phenoxy) is 1. The third-order valence-corrected chi connectivity index (χ3v) is 3.60. The van der Waals surface area contributed by atoms with E-state index in [0.717, 1.165) is 16.1 Å².